The first-order valence-electron chi connectivity index (χ1n) is 7.59. The Kier molecular flexibility index (Phi) is 6.28. The van der Waals surface area contributed by atoms with Crippen molar-refractivity contribution in [3.8, 4) is 0 Å². The van der Waals surface area contributed by atoms with E-state index in [1.807, 2.05) is 11.3 Å². The van der Waals surface area contributed by atoms with Crippen molar-refractivity contribution in [3.63, 3.8) is 0 Å². The van der Waals surface area contributed by atoms with Crippen molar-refractivity contribution in [1.29, 1.82) is 0 Å². The molecule has 2 rings (SSSR count). The van der Waals surface area contributed by atoms with Crippen LogP contribution in [0.4, 0.5) is 0 Å². The standard InChI is InChI=1S/C18H25NS/c1-3-15-9-11-16(12-10-15)14-17(19-2)6-4-7-18-8-5-13-20-18/h5,8-13,17,19H,3-4,6-7,14H2,1-2H3. The maximum absolute atomic E-state index is 3.46. The van der Waals surface area contributed by atoms with Gasteiger partial charge < -0.3 is 5.32 Å². The number of likely N-dealkylation sites (N-methyl/N-ethyl adjacent to an activating group) is 1. The van der Waals surface area contributed by atoms with Gasteiger partial charge in [0.15, 0.2) is 0 Å². The lowest BCUT2D eigenvalue weighted by molar-refractivity contribution is 0.503. The second kappa shape index (κ2) is 8.23. The van der Waals surface area contributed by atoms with Crippen molar-refractivity contribution >= 4 is 11.3 Å². The number of aryl methyl sites for hydroxylation is 2. The van der Waals surface area contributed by atoms with Gasteiger partial charge in [-0.2, -0.15) is 0 Å². The van der Waals surface area contributed by atoms with E-state index < -0.39 is 0 Å². The van der Waals surface area contributed by atoms with Crippen molar-refractivity contribution in [2.45, 2.75) is 45.1 Å². The summed E-state index contributed by atoms with van der Waals surface area (Å²) in [4.78, 5) is 1.51. The molecule has 0 bridgehead atoms. The quantitative estimate of drug-likeness (QED) is 0.755. The van der Waals surface area contributed by atoms with E-state index in [4.69, 9.17) is 0 Å². The van der Waals surface area contributed by atoms with Crippen LogP contribution in [0.1, 0.15) is 35.8 Å². The molecule has 108 valence electrons. The van der Waals surface area contributed by atoms with Crippen LogP contribution in [0.3, 0.4) is 0 Å². The Morgan fingerprint density at radius 2 is 1.85 bits per heavy atom. The summed E-state index contributed by atoms with van der Waals surface area (Å²) in [7, 11) is 2.08. The molecule has 0 saturated carbocycles. The fraction of sp³-hybridized carbons (Fsp3) is 0.444. The van der Waals surface area contributed by atoms with E-state index in [0.717, 1.165) is 12.8 Å². The molecule has 20 heavy (non-hydrogen) atoms. The van der Waals surface area contributed by atoms with Gasteiger partial charge in [-0.15, -0.1) is 11.3 Å². The smallest absolute Gasteiger partial charge is 0.0105 e. The van der Waals surface area contributed by atoms with Crippen LogP contribution in [0, 0.1) is 0 Å². The Labute approximate surface area is 127 Å². The fourth-order valence-corrected chi connectivity index (χ4v) is 3.27. The summed E-state index contributed by atoms with van der Waals surface area (Å²) in [5, 5.41) is 5.63. The van der Waals surface area contributed by atoms with Crippen molar-refractivity contribution < 1.29 is 0 Å². The third kappa shape index (κ3) is 4.77. The molecule has 1 unspecified atom stereocenters. The number of hydrogen-bond donors (Lipinski definition) is 1. The summed E-state index contributed by atoms with van der Waals surface area (Å²) in [6, 6.07) is 14.0. The summed E-state index contributed by atoms with van der Waals surface area (Å²) < 4.78 is 0. The van der Waals surface area contributed by atoms with Crippen LogP contribution in [0.2, 0.25) is 0 Å². The van der Waals surface area contributed by atoms with Crippen LogP contribution < -0.4 is 5.32 Å². The zero-order chi connectivity index (χ0) is 14.2. The molecule has 1 nitrogen and oxygen atoms in total. The van der Waals surface area contributed by atoms with Gasteiger partial charge in [0.2, 0.25) is 0 Å². The maximum Gasteiger partial charge on any atom is 0.0105 e. The Morgan fingerprint density at radius 3 is 2.45 bits per heavy atom. The first kappa shape index (κ1) is 15.3. The lowest BCUT2D eigenvalue weighted by atomic mass is 9.99. The normalized spacial score (nSPS) is 12.5. The minimum atomic E-state index is 0.586. The predicted octanol–water partition coefficient (Wildman–Crippen LogP) is 4.46. The van der Waals surface area contributed by atoms with Crippen molar-refractivity contribution in [3.05, 3.63) is 57.8 Å². The summed E-state index contributed by atoms with van der Waals surface area (Å²) >= 11 is 1.87. The van der Waals surface area contributed by atoms with Crippen LogP contribution >= 0.6 is 11.3 Å². The first-order chi connectivity index (χ1) is 9.81. The number of nitrogens with one attached hydrogen (secondary N) is 1. The fourth-order valence-electron chi connectivity index (χ4n) is 2.52. The highest BCUT2D eigenvalue weighted by molar-refractivity contribution is 7.09. The highest BCUT2D eigenvalue weighted by atomic mass is 32.1. The molecule has 2 heteroatoms. The van der Waals surface area contributed by atoms with Crippen LogP contribution in [0.15, 0.2) is 41.8 Å². The molecule has 2 aromatic rings. The van der Waals surface area contributed by atoms with E-state index in [1.54, 1.807) is 0 Å². The molecule has 1 N–H and O–H groups in total. The number of rotatable bonds is 8. The molecule has 1 heterocycles. The van der Waals surface area contributed by atoms with Crippen molar-refractivity contribution in [1.82, 2.24) is 5.32 Å². The van der Waals surface area contributed by atoms with Gasteiger partial charge in [-0.25, -0.2) is 0 Å². The topological polar surface area (TPSA) is 12.0 Å². The minimum absolute atomic E-state index is 0.586. The van der Waals surface area contributed by atoms with Gasteiger partial charge in [-0.05, 0) is 61.7 Å². The van der Waals surface area contributed by atoms with E-state index in [1.165, 1.54) is 35.3 Å². The van der Waals surface area contributed by atoms with Crippen LogP contribution in [-0.2, 0) is 19.3 Å². The zero-order valence-corrected chi connectivity index (χ0v) is 13.4. The monoisotopic (exact) mass is 287 g/mol. The SMILES string of the molecule is CCc1ccc(CC(CCCc2cccs2)NC)cc1. The van der Waals surface area contributed by atoms with Crippen LogP contribution in [0.25, 0.3) is 0 Å². The van der Waals surface area contributed by atoms with Gasteiger partial charge in [0.1, 0.15) is 0 Å². The van der Waals surface area contributed by atoms with Crippen LogP contribution in [0.5, 0.6) is 0 Å². The number of benzene rings is 1. The summed E-state index contributed by atoms with van der Waals surface area (Å²) in [6.45, 7) is 2.20. The second-order valence-electron chi connectivity index (χ2n) is 5.33. The molecule has 0 amide bonds. The molecule has 0 aliphatic rings. The summed E-state index contributed by atoms with van der Waals surface area (Å²) in [5.41, 5.74) is 2.87. The third-order valence-corrected chi connectivity index (χ3v) is 4.81. The molecule has 1 atom stereocenters. The van der Waals surface area contributed by atoms with Gasteiger partial charge in [0.25, 0.3) is 0 Å². The average Bonchev–Trinajstić information content (AvgIpc) is 3.00. The van der Waals surface area contributed by atoms with E-state index in [9.17, 15) is 0 Å². The third-order valence-electron chi connectivity index (χ3n) is 3.88. The molecule has 0 spiro atoms. The average molecular weight is 287 g/mol. The lowest BCUT2D eigenvalue weighted by Gasteiger charge is -2.16. The molecule has 1 aromatic heterocycles. The number of thiophene rings is 1. The Balaban J connectivity index is 1.78. The highest BCUT2D eigenvalue weighted by Crippen LogP contribution is 2.15. The van der Waals surface area contributed by atoms with E-state index in [-0.39, 0.29) is 0 Å². The number of hydrogen-bond acceptors (Lipinski definition) is 2. The maximum atomic E-state index is 3.46. The minimum Gasteiger partial charge on any atom is -0.317 e. The Morgan fingerprint density at radius 1 is 1.10 bits per heavy atom. The Hall–Kier alpha value is -1.12. The summed E-state index contributed by atoms with van der Waals surface area (Å²) in [5.74, 6) is 0. The molecule has 0 radical (unpaired) electrons. The van der Waals surface area contributed by atoms with Gasteiger partial charge >= 0.3 is 0 Å². The van der Waals surface area contributed by atoms with E-state index >= 15 is 0 Å². The van der Waals surface area contributed by atoms with Gasteiger partial charge in [0, 0.05) is 10.9 Å². The first-order valence-corrected chi connectivity index (χ1v) is 8.47. The molecular weight excluding hydrogens is 262 g/mol. The largest absolute Gasteiger partial charge is 0.317 e. The molecule has 0 fully saturated rings. The van der Waals surface area contributed by atoms with E-state index in [2.05, 4.69) is 61.1 Å². The van der Waals surface area contributed by atoms with Crippen molar-refractivity contribution in [2.24, 2.45) is 0 Å². The van der Waals surface area contributed by atoms with Gasteiger partial charge in [-0.3, -0.25) is 0 Å². The lowest BCUT2D eigenvalue weighted by Crippen LogP contribution is -2.27. The predicted molar refractivity (Wildman–Crippen MR) is 89.6 cm³/mol. The second-order valence-corrected chi connectivity index (χ2v) is 6.36. The Bertz CT molecular complexity index is 473. The molecular formula is C18H25NS. The van der Waals surface area contributed by atoms with E-state index in [0.29, 0.717) is 6.04 Å². The highest BCUT2D eigenvalue weighted by Gasteiger charge is 2.07. The molecule has 0 aliphatic carbocycles. The molecule has 0 saturated heterocycles. The zero-order valence-electron chi connectivity index (χ0n) is 12.6. The molecule has 0 aliphatic heterocycles. The van der Waals surface area contributed by atoms with Gasteiger partial charge in [0.05, 0.1) is 0 Å². The van der Waals surface area contributed by atoms with Crippen molar-refractivity contribution in [2.75, 3.05) is 7.05 Å². The van der Waals surface area contributed by atoms with Gasteiger partial charge in [-0.1, -0.05) is 37.3 Å². The van der Waals surface area contributed by atoms with Crippen LogP contribution in [-0.4, -0.2) is 13.1 Å². The summed E-state index contributed by atoms with van der Waals surface area (Å²) in [6.07, 6.45) is 5.97. The molecule has 1 aromatic carbocycles.